The summed E-state index contributed by atoms with van der Waals surface area (Å²) in [6, 6.07) is 5.97. The molecule has 2 rings (SSSR count). The SMILES string of the molecule is CCC1CNC(C)CN1C(C)CCc1ccco1. The minimum absolute atomic E-state index is 0.610. The lowest BCUT2D eigenvalue weighted by molar-refractivity contribution is 0.0858. The number of nitrogens with one attached hydrogen (secondary N) is 1. The van der Waals surface area contributed by atoms with Gasteiger partial charge in [0.15, 0.2) is 0 Å². The third-order valence-electron chi connectivity index (χ3n) is 4.08. The first kappa shape index (κ1) is 13.6. The average molecular weight is 250 g/mol. The molecule has 0 aliphatic carbocycles. The molecule has 3 unspecified atom stereocenters. The molecule has 3 heteroatoms. The van der Waals surface area contributed by atoms with E-state index in [4.69, 9.17) is 4.42 Å². The number of rotatable bonds is 5. The Morgan fingerprint density at radius 3 is 3.06 bits per heavy atom. The van der Waals surface area contributed by atoms with E-state index >= 15 is 0 Å². The van der Waals surface area contributed by atoms with E-state index in [9.17, 15) is 0 Å². The molecule has 1 aromatic rings. The van der Waals surface area contributed by atoms with Crippen LogP contribution in [0.4, 0.5) is 0 Å². The van der Waals surface area contributed by atoms with Crippen molar-refractivity contribution in [3.05, 3.63) is 24.2 Å². The number of piperazine rings is 1. The Bertz CT molecular complexity index is 336. The van der Waals surface area contributed by atoms with E-state index in [2.05, 4.69) is 37.1 Å². The van der Waals surface area contributed by atoms with Gasteiger partial charge in [-0.2, -0.15) is 0 Å². The predicted octanol–water partition coefficient (Wildman–Crippen LogP) is 2.67. The summed E-state index contributed by atoms with van der Waals surface area (Å²) >= 11 is 0. The summed E-state index contributed by atoms with van der Waals surface area (Å²) in [5.41, 5.74) is 0. The van der Waals surface area contributed by atoms with E-state index in [-0.39, 0.29) is 0 Å². The number of furan rings is 1. The van der Waals surface area contributed by atoms with Gasteiger partial charge >= 0.3 is 0 Å². The van der Waals surface area contributed by atoms with Crippen LogP contribution in [-0.4, -0.2) is 36.1 Å². The monoisotopic (exact) mass is 250 g/mol. The fourth-order valence-corrected chi connectivity index (χ4v) is 2.87. The minimum atomic E-state index is 0.610. The molecule has 0 spiro atoms. The van der Waals surface area contributed by atoms with Crippen LogP contribution < -0.4 is 5.32 Å². The average Bonchev–Trinajstić information content (AvgIpc) is 2.89. The Morgan fingerprint density at radius 1 is 1.56 bits per heavy atom. The number of hydrogen-bond acceptors (Lipinski definition) is 3. The van der Waals surface area contributed by atoms with E-state index in [1.807, 2.05) is 6.07 Å². The van der Waals surface area contributed by atoms with Crippen LogP contribution in [0.3, 0.4) is 0 Å². The van der Waals surface area contributed by atoms with E-state index in [0.717, 1.165) is 25.3 Å². The van der Waals surface area contributed by atoms with E-state index in [1.54, 1.807) is 6.26 Å². The van der Waals surface area contributed by atoms with Gasteiger partial charge in [-0.05, 0) is 38.8 Å². The van der Waals surface area contributed by atoms with Crippen LogP contribution in [0.15, 0.2) is 22.8 Å². The van der Waals surface area contributed by atoms with Gasteiger partial charge in [-0.25, -0.2) is 0 Å². The zero-order valence-electron chi connectivity index (χ0n) is 11.9. The van der Waals surface area contributed by atoms with Gasteiger partial charge in [-0.1, -0.05) is 6.92 Å². The summed E-state index contributed by atoms with van der Waals surface area (Å²) in [5, 5.41) is 3.58. The van der Waals surface area contributed by atoms with Crippen molar-refractivity contribution >= 4 is 0 Å². The second-order valence-electron chi connectivity index (χ2n) is 5.54. The lowest BCUT2D eigenvalue weighted by Gasteiger charge is -2.42. The quantitative estimate of drug-likeness (QED) is 0.871. The van der Waals surface area contributed by atoms with Crippen molar-refractivity contribution in [2.45, 2.75) is 58.2 Å². The summed E-state index contributed by atoms with van der Waals surface area (Å²) in [6.45, 7) is 9.21. The number of hydrogen-bond donors (Lipinski definition) is 1. The molecule has 0 radical (unpaired) electrons. The molecule has 0 aromatic carbocycles. The van der Waals surface area contributed by atoms with Gasteiger partial charge in [-0.15, -0.1) is 0 Å². The molecular formula is C15H26N2O. The number of aryl methyl sites for hydroxylation is 1. The van der Waals surface area contributed by atoms with Crippen LogP contribution in [0, 0.1) is 0 Å². The second-order valence-corrected chi connectivity index (χ2v) is 5.54. The smallest absolute Gasteiger partial charge is 0.103 e. The molecule has 1 aliphatic rings. The lowest BCUT2D eigenvalue weighted by Crippen LogP contribution is -2.57. The van der Waals surface area contributed by atoms with Gasteiger partial charge in [0.25, 0.3) is 0 Å². The molecule has 1 saturated heterocycles. The van der Waals surface area contributed by atoms with Crippen LogP contribution in [0.25, 0.3) is 0 Å². The molecule has 0 bridgehead atoms. The van der Waals surface area contributed by atoms with Gasteiger partial charge in [0.1, 0.15) is 5.76 Å². The molecule has 102 valence electrons. The van der Waals surface area contributed by atoms with Crippen molar-refractivity contribution < 1.29 is 4.42 Å². The van der Waals surface area contributed by atoms with Crippen LogP contribution in [0.5, 0.6) is 0 Å². The Labute approximate surface area is 111 Å². The van der Waals surface area contributed by atoms with E-state index in [0.29, 0.717) is 18.1 Å². The molecule has 3 atom stereocenters. The third-order valence-corrected chi connectivity index (χ3v) is 4.08. The summed E-state index contributed by atoms with van der Waals surface area (Å²) < 4.78 is 5.41. The summed E-state index contributed by atoms with van der Waals surface area (Å²) in [7, 11) is 0. The highest BCUT2D eigenvalue weighted by atomic mass is 16.3. The number of nitrogens with zero attached hydrogens (tertiary/aromatic N) is 1. The second kappa shape index (κ2) is 6.39. The van der Waals surface area contributed by atoms with Crippen LogP contribution in [0.1, 0.15) is 39.4 Å². The van der Waals surface area contributed by atoms with Gasteiger partial charge in [-0.3, -0.25) is 4.90 Å². The molecule has 0 saturated carbocycles. The van der Waals surface area contributed by atoms with Gasteiger partial charge in [0.2, 0.25) is 0 Å². The van der Waals surface area contributed by atoms with Crippen LogP contribution in [-0.2, 0) is 6.42 Å². The first-order chi connectivity index (χ1) is 8.70. The molecule has 0 amide bonds. The van der Waals surface area contributed by atoms with Crippen molar-refractivity contribution in [1.82, 2.24) is 10.2 Å². The van der Waals surface area contributed by atoms with Crippen molar-refractivity contribution in [3.8, 4) is 0 Å². The maximum absolute atomic E-state index is 5.41. The molecule has 1 aliphatic heterocycles. The largest absolute Gasteiger partial charge is 0.469 e. The Morgan fingerprint density at radius 2 is 2.39 bits per heavy atom. The Balaban J connectivity index is 1.87. The standard InChI is InChI=1S/C15H26N2O/c1-4-14-10-16-12(2)11-17(14)13(3)7-8-15-6-5-9-18-15/h5-6,9,12-14,16H,4,7-8,10-11H2,1-3H3. The fourth-order valence-electron chi connectivity index (χ4n) is 2.87. The van der Waals surface area contributed by atoms with Gasteiger partial charge < -0.3 is 9.73 Å². The van der Waals surface area contributed by atoms with Crippen molar-refractivity contribution in [1.29, 1.82) is 0 Å². The van der Waals surface area contributed by atoms with E-state index in [1.165, 1.54) is 12.8 Å². The zero-order valence-corrected chi connectivity index (χ0v) is 11.9. The zero-order chi connectivity index (χ0) is 13.0. The fraction of sp³-hybridized carbons (Fsp3) is 0.733. The summed E-state index contributed by atoms with van der Waals surface area (Å²) in [5.74, 6) is 1.11. The van der Waals surface area contributed by atoms with Gasteiger partial charge in [0.05, 0.1) is 6.26 Å². The molecule has 3 nitrogen and oxygen atoms in total. The molecule has 1 N–H and O–H groups in total. The van der Waals surface area contributed by atoms with Crippen LogP contribution in [0.2, 0.25) is 0 Å². The first-order valence-electron chi connectivity index (χ1n) is 7.22. The van der Waals surface area contributed by atoms with Crippen LogP contribution >= 0.6 is 0 Å². The first-order valence-corrected chi connectivity index (χ1v) is 7.22. The normalized spacial score (nSPS) is 27.3. The Kier molecular flexibility index (Phi) is 4.84. The molecule has 1 aromatic heterocycles. The molecule has 2 heterocycles. The predicted molar refractivity (Wildman–Crippen MR) is 74.7 cm³/mol. The highest BCUT2D eigenvalue weighted by Gasteiger charge is 2.27. The topological polar surface area (TPSA) is 28.4 Å². The highest BCUT2D eigenvalue weighted by molar-refractivity contribution is 4.99. The van der Waals surface area contributed by atoms with Crippen molar-refractivity contribution in [2.24, 2.45) is 0 Å². The maximum Gasteiger partial charge on any atom is 0.103 e. The highest BCUT2D eigenvalue weighted by Crippen LogP contribution is 2.18. The maximum atomic E-state index is 5.41. The van der Waals surface area contributed by atoms with E-state index < -0.39 is 0 Å². The van der Waals surface area contributed by atoms with Gasteiger partial charge in [0, 0.05) is 37.6 Å². The molecule has 18 heavy (non-hydrogen) atoms. The minimum Gasteiger partial charge on any atom is -0.469 e. The third kappa shape index (κ3) is 3.36. The molecular weight excluding hydrogens is 224 g/mol. The summed E-state index contributed by atoms with van der Waals surface area (Å²) in [4.78, 5) is 2.67. The van der Waals surface area contributed by atoms with Crippen molar-refractivity contribution in [2.75, 3.05) is 13.1 Å². The lowest BCUT2D eigenvalue weighted by atomic mass is 10.0. The Hall–Kier alpha value is -0.800. The molecule has 1 fully saturated rings. The van der Waals surface area contributed by atoms with Crippen molar-refractivity contribution in [3.63, 3.8) is 0 Å². The summed E-state index contributed by atoms with van der Waals surface area (Å²) in [6.07, 6.45) is 5.21.